The van der Waals surface area contributed by atoms with Gasteiger partial charge in [0.05, 0.1) is 0 Å². The van der Waals surface area contributed by atoms with Gasteiger partial charge in [0.25, 0.3) is 0 Å². The number of hydrogen-bond donors (Lipinski definition) is 0. The minimum Gasteiger partial charge on any atom is -0.0834 e. The molecule has 0 aliphatic rings. The second-order valence-electron chi connectivity index (χ2n) is 7.33. The average molecular weight is 315 g/mol. The SMILES string of the molecule is CCCCC(CC=Cc1ccc(C)cc1)(CCCC)CCCC. The summed E-state index contributed by atoms with van der Waals surface area (Å²) in [7, 11) is 0. The average Bonchev–Trinajstić information content (AvgIpc) is 2.57. The number of benzene rings is 1. The molecule has 0 radical (unpaired) electrons. The molecule has 0 amide bonds. The summed E-state index contributed by atoms with van der Waals surface area (Å²) in [6.45, 7) is 9.13. The van der Waals surface area contributed by atoms with Crippen molar-refractivity contribution in [3.63, 3.8) is 0 Å². The van der Waals surface area contributed by atoms with Crippen LogP contribution >= 0.6 is 0 Å². The van der Waals surface area contributed by atoms with Gasteiger partial charge >= 0.3 is 0 Å². The fourth-order valence-corrected chi connectivity index (χ4v) is 3.46. The lowest BCUT2D eigenvalue weighted by Crippen LogP contribution is -2.20. The predicted molar refractivity (Wildman–Crippen MR) is 106 cm³/mol. The van der Waals surface area contributed by atoms with Gasteiger partial charge in [-0.2, -0.15) is 0 Å². The summed E-state index contributed by atoms with van der Waals surface area (Å²) >= 11 is 0. The van der Waals surface area contributed by atoms with E-state index in [1.807, 2.05) is 0 Å². The first-order valence-corrected chi connectivity index (χ1v) is 9.89. The van der Waals surface area contributed by atoms with Gasteiger partial charge in [-0.1, -0.05) is 101 Å². The summed E-state index contributed by atoms with van der Waals surface area (Å²) in [5, 5.41) is 0. The molecule has 0 aromatic heterocycles. The highest BCUT2D eigenvalue weighted by atomic mass is 14.3. The van der Waals surface area contributed by atoms with Crippen LogP contribution in [0.3, 0.4) is 0 Å². The van der Waals surface area contributed by atoms with E-state index in [2.05, 4.69) is 64.1 Å². The molecule has 0 heterocycles. The Kier molecular flexibility index (Phi) is 9.99. The molecular formula is C23H38. The van der Waals surface area contributed by atoms with Gasteiger partial charge in [-0.15, -0.1) is 0 Å². The van der Waals surface area contributed by atoms with Crippen LogP contribution in [0.1, 0.15) is 96.1 Å². The van der Waals surface area contributed by atoms with E-state index in [0.717, 1.165) is 0 Å². The fourth-order valence-electron chi connectivity index (χ4n) is 3.46. The molecule has 0 atom stereocenters. The highest BCUT2D eigenvalue weighted by molar-refractivity contribution is 5.49. The van der Waals surface area contributed by atoms with Crippen LogP contribution in [0.5, 0.6) is 0 Å². The molecule has 1 rings (SSSR count). The number of hydrogen-bond acceptors (Lipinski definition) is 0. The van der Waals surface area contributed by atoms with Gasteiger partial charge in [-0.25, -0.2) is 0 Å². The van der Waals surface area contributed by atoms with E-state index in [-0.39, 0.29) is 0 Å². The van der Waals surface area contributed by atoms with Crippen molar-refractivity contribution < 1.29 is 0 Å². The maximum Gasteiger partial charge on any atom is -0.0260 e. The number of unbranched alkanes of at least 4 members (excludes halogenated alkanes) is 3. The maximum absolute atomic E-state index is 2.45. The Bertz CT molecular complexity index is 402. The van der Waals surface area contributed by atoms with Gasteiger partial charge in [0, 0.05) is 0 Å². The van der Waals surface area contributed by atoms with Crippen LogP contribution in [0.25, 0.3) is 6.08 Å². The first-order chi connectivity index (χ1) is 11.2. The van der Waals surface area contributed by atoms with Gasteiger partial charge in [-0.3, -0.25) is 0 Å². The van der Waals surface area contributed by atoms with Crippen LogP contribution in [0.15, 0.2) is 30.3 Å². The highest BCUT2D eigenvalue weighted by Crippen LogP contribution is 2.40. The maximum atomic E-state index is 2.45. The summed E-state index contributed by atoms with van der Waals surface area (Å²) < 4.78 is 0. The predicted octanol–water partition coefficient (Wildman–Crippen LogP) is 7.96. The first kappa shape index (κ1) is 20.0. The Labute approximate surface area is 145 Å². The quantitative estimate of drug-likeness (QED) is 0.367. The van der Waals surface area contributed by atoms with Crippen molar-refractivity contribution >= 4 is 6.08 Å². The molecule has 0 saturated heterocycles. The molecule has 130 valence electrons. The lowest BCUT2D eigenvalue weighted by molar-refractivity contribution is 0.203. The van der Waals surface area contributed by atoms with E-state index in [0.29, 0.717) is 5.41 Å². The monoisotopic (exact) mass is 314 g/mol. The molecule has 0 aliphatic heterocycles. The zero-order valence-electron chi connectivity index (χ0n) is 16.0. The van der Waals surface area contributed by atoms with Crippen molar-refractivity contribution in [3.8, 4) is 0 Å². The van der Waals surface area contributed by atoms with Crippen LogP contribution in [0.4, 0.5) is 0 Å². The van der Waals surface area contributed by atoms with Crippen LogP contribution in [-0.2, 0) is 0 Å². The number of allylic oxidation sites excluding steroid dienone is 1. The summed E-state index contributed by atoms with van der Waals surface area (Å²) in [6.07, 6.45) is 18.4. The van der Waals surface area contributed by atoms with E-state index in [1.165, 1.54) is 75.3 Å². The van der Waals surface area contributed by atoms with Crippen molar-refractivity contribution in [2.24, 2.45) is 5.41 Å². The minimum atomic E-state index is 0.545. The largest absolute Gasteiger partial charge is 0.0834 e. The van der Waals surface area contributed by atoms with Crippen LogP contribution < -0.4 is 0 Å². The van der Waals surface area contributed by atoms with Gasteiger partial charge in [-0.05, 0) is 43.6 Å². The standard InChI is InChI=1S/C23H38/c1-5-8-17-23(18-9-6-2,19-10-7-3)20-11-12-22-15-13-21(4)14-16-22/h11-16H,5-10,17-20H2,1-4H3. The molecule has 0 bridgehead atoms. The normalized spacial score (nSPS) is 12.2. The second kappa shape index (κ2) is 11.5. The van der Waals surface area contributed by atoms with E-state index < -0.39 is 0 Å². The highest BCUT2D eigenvalue weighted by Gasteiger charge is 2.26. The third-order valence-corrected chi connectivity index (χ3v) is 5.12. The Morgan fingerprint density at radius 3 is 1.70 bits per heavy atom. The summed E-state index contributed by atoms with van der Waals surface area (Å²) in [5.41, 5.74) is 3.22. The van der Waals surface area contributed by atoms with Crippen molar-refractivity contribution in [1.29, 1.82) is 0 Å². The minimum absolute atomic E-state index is 0.545. The smallest absolute Gasteiger partial charge is 0.0260 e. The molecule has 0 unspecified atom stereocenters. The van der Waals surface area contributed by atoms with Crippen molar-refractivity contribution in [3.05, 3.63) is 41.5 Å². The molecule has 0 heteroatoms. The van der Waals surface area contributed by atoms with Crippen LogP contribution in [0.2, 0.25) is 0 Å². The third-order valence-electron chi connectivity index (χ3n) is 5.12. The third kappa shape index (κ3) is 7.86. The Morgan fingerprint density at radius 1 is 0.783 bits per heavy atom. The van der Waals surface area contributed by atoms with Crippen LogP contribution in [0, 0.1) is 12.3 Å². The Balaban J connectivity index is 2.76. The summed E-state index contributed by atoms with van der Waals surface area (Å²) in [4.78, 5) is 0. The molecule has 0 spiro atoms. The van der Waals surface area contributed by atoms with E-state index in [4.69, 9.17) is 0 Å². The second-order valence-corrected chi connectivity index (χ2v) is 7.33. The first-order valence-electron chi connectivity index (χ1n) is 9.89. The zero-order chi connectivity index (χ0) is 17.0. The molecule has 0 nitrogen and oxygen atoms in total. The number of rotatable bonds is 12. The molecular weight excluding hydrogens is 276 g/mol. The van der Waals surface area contributed by atoms with Crippen LogP contribution in [-0.4, -0.2) is 0 Å². The summed E-state index contributed by atoms with van der Waals surface area (Å²) in [6, 6.07) is 8.88. The van der Waals surface area contributed by atoms with Gasteiger partial charge in [0.2, 0.25) is 0 Å². The fraction of sp³-hybridized carbons (Fsp3) is 0.652. The molecule has 1 aromatic rings. The van der Waals surface area contributed by atoms with Crippen molar-refractivity contribution in [1.82, 2.24) is 0 Å². The van der Waals surface area contributed by atoms with Gasteiger partial charge in [0.15, 0.2) is 0 Å². The molecule has 0 aliphatic carbocycles. The number of aryl methyl sites for hydroxylation is 1. The molecule has 1 aromatic carbocycles. The van der Waals surface area contributed by atoms with Crippen molar-refractivity contribution in [2.75, 3.05) is 0 Å². The Hall–Kier alpha value is -1.04. The van der Waals surface area contributed by atoms with E-state index >= 15 is 0 Å². The topological polar surface area (TPSA) is 0 Å². The molecule has 0 fully saturated rings. The molecule has 23 heavy (non-hydrogen) atoms. The zero-order valence-corrected chi connectivity index (χ0v) is 16.0. The lowest BCUT2D eigenvalue weighted by Gasteiger charge is -2.33. The van der Waals surface area contributed by atoms with Gasteiger partial charge < -0.3 is 0 Å². The van der Waals surface area contributed by atoms with E-state index in [9.17, 15) is 0 Å². The lowest BCUT2D eigenvalue weighted by atomic mass is 9.72. The molecule has 0 N–H and O–H groups in total. The summed E-state index contributed by atoms with van der Waals surface area (Å²) in [5.74, 6) is 0. The van der Waals surface area contributed by atoms with E-state index in [1.54, 1.807) is 0 Å². The van der Waals surface area contributed by atoms with Gasteiger partial charge in [0.1, 0.15) is 0 Å². The molecule has 0 saturated carbocycles. The van der Waals surface area contributed by atoms with Crippen molar-refractivity contribution in [2.45, 2.75) is 91.9 Å². The Morgan fingerprint density at radius 2 is 1.26 bits per heavy atom.